The Kier molecular flexibility index (Phi) is 3.88. The van der Waals surface area contributed by atoms with Crippen LogP contribution in [0.5, 0.6) is 5.75 Å². The Morgan fingerprint density at radius 1 is 1.18 bits per heavy atom. The maximum atomic E-state index is 11.5. The summed E-state index contributed by atoms with van der Waals surface area (Å²) in [6.07, 6.45) is 0. The third-order valence-corrected chi connectivity index (χ3v) is 4.19. The predicted octanol–water partition coefficient (Wildman–Crippen LogP) is 2.22. The van der Waals surface area contributed by atoms with Gasteiger partial charge in [0.1, 0.15) is 5.75 Å². The minimum atomic E-state index is 0.150. The van der Waals surface area contributed by atoms with E-state index >= 15 is 0 Å². The second-order valence-corrected chi connectivity index (χ2v) is 5.66. The van der Waals surface area contributed by atoms with Gasteiger partial charge in [0, 0.05) is 49.9 Å². The summed E-state index contributed by atoms with van der Waals surface area (Å²) in [4.78, 5) is 20.3. The van der Waals surface area contributed by atoms with Crippen LogP contribution >= 0.6 is 0 Å². The van der Waals surface area contributed by atoms with E-state index in [1.54, 1.807) is 14.0 Å². The molecule has 1 aliphatic heterocycles. The van der Waals surface area contributed by atoms with Crippen molar-refractivity contribution < 1.29 is 9.53 Å². The van der Waals surface area contributed by atoms with Crippen LogP contribution in [0.4, 0.5) is 5.69 Å². The molecule has 22 heavy (non-hydrogen) atoms. The highest BCUT2D eigenvalue weighted by molar-refractivity contribution is 5.93. The Hall–Kier alpha value is -2.30. The summed E-state index contributed by atoms with van der Waals surface area (Å²) >= 11 is 0. The molecular formula is C17H21N3O2. The van der Waals surface area contributed by atoms with Crippen molar-refractivity contribution in [3.8, 4) is 5.75 Å². The van der Waals surface area contributed by atoms with Crippen LogP contribution in [0.15, 0.2) is 24.3 Å². The minimum Gasteiger partial charge on any atom is -0.497 e. The Morgan fingerprint density at radius 2 is 1.91 bits per heavy atom. The molecule has 0 saturated carbocycles. The van der Waals surface area contributed by atoms with Gasteiger partial charge in [-0.3, -0.25) is 9.78 Å². The van der Waals surface area contributed by atoms with Crippen LogP contribution < -0.4 is 9.64 Å². The lowest BCUT2D eigenvalue weighted by Crippen LogP contribution is -2.48. The van der Waals surface area contributed by atoms with E-state index in [9.17, 15) is 4.79 Å². The van der Waals surface area contributed by atoms with E-state index in [1.807, 2.05) is 30.0 Å². The molecule has 5 heteroatoms. The van der Waals surface area contributed by atoms with Crippen LogP contribution in [0.25, 0.3) is 10.9 Å². The average Bonchev–Trinajstić information content (AvgIpc) is 2.53. The fourth-order valence-corrected chi connectivity index (χ4v) is 2.97. The third kappa shape index (κ3) is 2.71. The molecule has 1 amide bonds. The van der Waals surface area contributed by atoms with Crippen molar-refractivity contribution in [1.82, 2.24) is 9.88 Å². The zero-order valence-electron chi connectivity index (χ0n) is 13.3. The number of aryl methyl sites for hydroxylation is 1. The summed E-state index contributed by atoms with van der Waals surface area (Å²) < 4.78 is 5.34. The molecule has 1 aromatic carbocycles. The third-order valence-electron chi connectivity index (χ3n) is 4.19. The van der Waals surface area contributed by atoms with E-state index in [0.29, 0.717) is 0 Å². The number of ether oxygens (including phenoxy) is 1. The van der Waals surface area contributed by atoms with Crippen LogP contribution in [0.3, 0.4) is 0 Å². The van der Waals surface area contributed by atoms with Crippen LogP contribution in [0, 0.1) is 6.92 Å². The van der Waals surface area contributed by atoms with Crippen molar-refractivity contribution in [2.24, 2.45) is 0 Å². The highest BCUT2D eigenvalue weighted by Crippen LogP contribution is 2.30. The number of carbonyl (C=O) groups excluding carboxylic acids is 1. The van der Waals surface area contributed by atoms with E-state index in [2.05, 4.69) is 16.0 Å². The van der Waals surface area contributed by atoms with E-state index in [-0.39, 0.29) is 5.91 Å². The maximum absolute atomic E-state index is 11.5. The van der Waals surface area contributed by atoms with Crippen molar-refractivity contribution in [2.75, 3.05) is 38.2 Å². The van der Waals surface area contributed by atoms with Crippen molar-refractivity contribution in [3.63, 3.8) is 0 Å². The molecular weight excluding hydrogens is 278 g/mol. The Bertz CT molecular complexity index is 706. The quantitative estimate of drug-likeness (QED) is 0.853. The van der Waals surface area contributed by atoms with Gasteiger partial charge in [-0.2, -0.15) is 0 Å². The summed E-state index contributed by atoms with van der Waals surface area (Å²) in [6.45, 7) is 6.86. The van der Waals surface area contributed by atoms with Gasteiger partial charge in [0.05, 0.1) is 12.6 Å². The molecule has 0 atom stereocenters. The molecule has 0 radical (unpaired) electrons. The summed E-state index contributed by atoms with van der Waals surface area (Å²) in [5.74, 6) is 0.985. The number of rotatable bonds is 2. The number of carbonyl (C=O) groups is 1. The molecule has 1 fully saturated rings. The molecule has 3 rings (SSSR count). The molecule has 0 N–H and O–H groups in total. The number of pyridine rings is 1. The molecule has 5 nitrogen and oxygen atoms in total. The Morgan fingerprint density at radius 3 is 2.55 bits per heavy atom. The fraction of sp³-hybridized carbons (Fsp3) is 0.412. The Labute approximate surface area is 130 Å². The summed E-state index contributed by atoms with van der Waals surface area (Å²) in [5, 5.41) is 1.10. The molecule has 0 bridgehead atoms. The number of fused-ring (bicyclic) bond motifs is 1. The molecule has 0 unspecified atom stereocenters. The van der Waals surface area contributed by atoms with Crippen LogP contribution in [-0.2, 0) is 4.79 Å². The number of nitrogens with zero attached hydrogens (tertiary/aromatic N) is 3. The first-order valence-corrected chi connectivity index (χ1v) is 7.54. The number of methoxy groups -OCH3 is 1. The lowest BCUT2D eigenvalue weighted by molar-refractivity contribution is -0.129. The van der Waals surface area contributed by atoms with Gasteiger partial charge >= 0.3 is 0 Å². The number of hydrogen-bond acceptors (Lipinski definition) is 4. The van der Waals surface area contributed by atoms with Gasteiger partial charge in [-0.15, -0.1) is 0 Å². The maximum Gasteiger partial charge on any atom is 0.219 e. The lowest BCUT2D eigenvalue weighted by Gasteiger charge is -2.36. The topological polar surface area (TPSA) is 45.7 Å². The number of anilines is 1. The first-order chi connectivity index (χ1) is 10.6. The van der Waals surface area contributed by atoms with Gasteiger partial charge in [-0.1, -0.05) is 0 Å². The molecule has 1 aromatic heterocycles. The van der Waals surface area contributed by atoms with Crippen molar-refractivity contribution >= 4 is 22.5 Å². The predicted molar refractivity (Wildman–Crippen MR) is 87.5 cm³/mol. The van der Waals surface area contributed by atoms with Crippen LogP contribution in [0.1, 0.15) is 12.6 Å². The molecule has 0 spiro atoms. The van der Waals surface area contributed by atoms with Gasteiger partial charge in [0.15, 0.2) is 0 Å². The standard InChI is InChI=1S/C17H21N3O2/c1-12-10-17(20-8-6-19(7-9-20)13(2)21)15-11-14(22-3)4-5-16(15)18-12/h4-5,10-11H,6-9H2,1-3H3. The SMILES string of the molecule is COc1ccc2nc(C)cc(N3CCN(C(C)=O)CC3)c2c1. The fourth-order valence-electron chi connectivity index (χ4n) is 2.97. The number of piperazine rings is 1. The van der Waals surface area contributed by atoms with Crippen LogP contribution in [-0.4, -0.2) is 49.1 Å². The minimum absolute atomic E-state index is 0.150. The van der Waals surface area contributed by atoms with Gasteiger partial charge in [0.2, 0.25) is 5.91 Å². The number of aromatic nitrogens is 1. The molecule has 1 aliphatic rings. The first kappa shape index (κ1) is 14.6. The summed E-state index contributed by atoms with van der Waals surface area (Å²) in [5.41, 5.74) is 3.15. The molecule has 2 aromatic rings. The van der Waals surface area contributed by atoms with Gasteiger partial charge in [0.25, 0.3) is 0 Å². The first-order valence-electron chi connectivity index (χ1n) is 7.54. The normalized spacial score (nSPS) is 15.2. The van der Waals surface area contributed by atoms with E-state index < -0.39 is 0 Å². The monoisotopic (exact) mass is 299 g/mol. The van der Waals surface area contributed by atoms with Crippen molar-refractivity contribution in [3.05, 3.63) is 30.0 Å². The summed E-state index contributed by atoms with van der Waals surface area (Å²) in [7, 11) is 1.67. The van der Waals surface area contributed by atoms with Crippen molar-refractivity contribution in [1.29, 1.82) is 0 Å². The average molecular weight is 299 g/mol. The van der Waals surface area contributed by atoms with E-state index in [1.165, 1.54) is 5.69 Å². The zero-order valence-corrected chi connectivity index (χ0v) is 13.3. The van der Waals surface area contributed by atoms with E-state index in [4.69, 9.17) is 4.74 Å². The van der Waals surface area contributed by atoms with Gasteiger partial charge < -0.3 is 14.5 Å². The zero-order chi connectivity index (χ0) is 15.7. The highest BCUT2D eigenvalue weighted by Gasteiger charge is 2.20. The van der Waals surface area contributed by atoms with Gasteiger partial charge in [-0.25, -0.2) is 0 Å². The smallest absolute Gasteiger partial charge is 0.219 e. The summed E-state index contributed by atoms with van der Waals surface area (Å²) in [6, 6.07) is 8.09. The van der Waals surface area contributed by atoms with Crippen LogP contribution in [0.2, 0.25) is 0 Å². The molecule has 1 saturated heterocycles. The molecule has 0 aliphatic carbocycles. The van der Waals surface area contributed by atoms with E-state index in [0.717, 1.165) is 48.5 Å². The highest BCUT2D eigenvalue weighted by atomic mass is 16.5. The second kappa shape index (κ2) is 5.83. The van der Waals surface area contributed by atoms with Crippen molar-refractivity contribution in [2.45, 2.75) is 13.8 Å². The molecule has 2 heterocycles. The Balaban J connectivity index is 1.97. The number of amides is 1. The largest absolute Gasteiger partial charge is 0.497 e. The number of hydrogen-bond donors (Lipinski definition) is 0. The second-order valence-electron chi connectivity index (χ2n) is 5.66. The molecule has 116 valence electrons. The van der Waals surface area contributed by atoms with Gasteiger partial charge in [-0.05, 0) is 31.2 Å². The number of benzene rings is 1. The lowest BCUT2D eigenvalue weighted by atomic mass is 10.1.